The first-order valence-electron chi connectivity index (χ1n) is 6.50. The number of carbonyl (C=O) groups is 1. The zero-order chi connectivity index (χ0) is 13.5. The molecule has 2 rings (SSSR count). The van der Waals surface area contributed by atoms with Crippen LogP contribution in [0.3, 0.4) is 0 Å². The number of hydrogen-bond acceptors (Lipinski definition) is 3. The van der Waals surface area contributed by atoms with Crippen molar-refractivity contribution in [2.75, 3.05) is 6.61 Å². The molecule has 1 aromatic carbocycles. The second-order valence-electron chi connectivity index (χ2n) is 4.28. The predicted molar refractivity (Wildman–Crippen MR) is 76.6 cm³/mol. The van der Waals surface area contributed by atoms with E-state index in [1.807, 2.05) is 36.4 Å². The molecular formula is C16H17NO2. The molecule has 2 aromatic rings. The largest absolute Gasteiger partial charge is 0.463 e. The van der Waals surface area contributed by atoms with Crippen LogP contribution in [0.2, 0.25) is 0 Å². The number of ether oxygens (including phenoxy) is 1. The molecule has 0 amide bonds. The molecule has 0 N–H and O–H groups in total. The average molecular weight is 255 g/mol. The number of fused-ring (bicyclic) bond motifs is 1. The van der Waals surface area contributed by atoms with Gasteiger partial charge in [0.15, 0.2) is 0 Å². The van der Waals surface area contributed by atoms with E-state index in [4.69, 9.17) is 4.74 Å². The highest BCUT2D eigenvalue weighted by molar-refractivity contribution is 5.87. The predicted octanol–water partition coefficient (Wildman–Crippen LogP) is 3.59. The van der Waals surface area contributed by atoms with Gasteiger partial charge in [-0.25, -0.2) is 9.78 Å². The van der Waals surface area contributed by atoms with Gasteiger partial charge in [-0.3, -0.25) is 0 Å². The van der Waals surface area contributed by atoms with Gasteiger partial charge in [-0.2, -0.15) is 0 Å². The minimum Gasteiger partial charge on any atom is -0.463 e. The molecule has 1 aromatic heterocycles. The van der Waals surface area contributed by atoms with Gasteiger partial charge in [0.05, 0.1) is 17.8 Å². The number of esters is 1. The average Bonchev–Trinajstić information content (AvgIpc) is 2.45. The van der Waals surface area contributed by atoms with E-state index in [2.05, 4.69) is 11.9 Å². The van der Waals surface area contributed by atoms with Gasteiger partial charge >= 0.3 is 5.97 Å². The van der Waals surface area contributed by atoms with Crippen LogP contribution in [0.25, 0.3) is 17.0 Å². The van der Waals surface area contributed by atoms with E-state index in [0.29, 0.717) is 6.61 Å². The smallest absolute Gasteiger partial charge is 0.330 e. The van der Waals surface area contributed by atoms with E-state index >= 15 is 0 Å². The number of aromatic nitrogens is 1. The summed E-state index contributed by atoms with van der Waals surface area (Å²) < 4.78 is 5.04. The fourth-order valence-corrected chi connectivity index (χ4v) is 1.69. The number of pyridine rings is 1. The van der Waals surface area contributed by atoms with Crippen LogP contribution in [0.15, 0.2) is 42.5 Å². The second-order valence-corrected chi connectivity index (χ2v) is 4.28. The zero-order valence-corrected chi connectivity index (χ0v) is 11.0. The van der Waals surface area contributed by atoms with Gasteiger partial charge in [0.1, 0.15) is 0 Å². The molecule has 0 aliphatic carbocycles. The topological polar surface area (TPSA) is 39.2 Å². The van der Waals surface area contributed by atoms with Crippen molar-refractivity contribution in [2.24, 2.45) is 0 Å². The van der Waals surface area contributed by atoms with Gasteiger partial charge in [0.25, 0.3) is 0 Å². The third-order valence-corrected chi connectivity index (χ3v) is 2.75. The third kappa shape index (κ3) is 3.91. The Hall–Kier alpha value is -2.16. The molecule has 0 saturated carbocycles. The van der Waals surface area contributed by atoms with Crippen molar-refractivity contribution in [1.29, 1.82) is 0 Å². The Morgan fingerprint density at radius 1 is 1.26 bits per heavy atom. The number of rotatable bonds is 5. The summed E-state index contributed by atoms with van der Waals surface area (Å²) in [6, 6.07) is 11.8. The monoisotopic (exact) mass is 255 g/mol. The number of unbranched alkanes of at least 4 members (excludes halogenated alkanes) is 1. The molecule has 0 radical (unpaired) electrons. The summed E-state index contributed by atoms with van der Waals surface area (Å²) in [5.74, 6) is -0.316. The molecule has 3 heteroatoms. The molecule has 0 aliphatic heterocycles. The van der Waals surface area contributed by atoms with Crippen LogP contribution in [0.4, 0.5) is 0 Å². The summed E-state index contributed by atoms with van der Waals surface area (Å²) in [5, 5.41) is 1.09. The molecule has 1 heterocycles. The van der Waals surface area contributed by atoms with Crippen molar-refractivity contribution in [3.8, 4) is 0 Å². The Morgan fingerprint density at radius 2 is 2.11 bits per heavy atom. The van der Waals surface area contributed by atoms with Gasteiger partial charge in [-0.05, 0) is 24.6 Å². The Kier molecular flexibility index (Phi) is 4.67. The Bertz CT molecular complexity index is 590. The maximum atomic E-state index is 11.4. The summed E-state index contributed by atoms with van der Waals surface area (Å²) in [5.41, 5.74) is 1.68. The van der Waals surface area contributed by atoms with Crippen molar-refractivity contribution in [3.05, 3.63) is 48.2 Å². The van der Waals surface area contributed by atoms with Gasteiger partial charge in [0, 0.05) is 11.5 Å². The fraction of sp³-hybridized carbons (Fsp3) is 0.250. The van der Waals surface area contributed by atoms with Gasteiger partial charge in [-0.15, -0.1) is 0 Å². The molecule has 0 aliphatic rings. The minimum absolute atomic E-state index is 0.316. The van der Waals surface area contributed by atoms with E-state index in [-0.39, 0.29) is 5.97 Å². The van der Waals surface area contributed by atoms with Crippen LogP contribution in [0.1, 0.15) is 25.5 Å². The van der Waals surface area contributed by atoms with Crippen LogP contribution >= 0.6 is 0 Å². The van der Waals surface area contributed by atoms with Crippen LogP contribution in [-0.4, -0.2) is 17.6 Å². The van der Waals surface area contributed by atoms with E-state index in [1.54, 1.807) is 6.08 Å². The molecule has 19 heavy (non-hydrogen) atoms. The lowest BCUT2D eigenvalue weighted by Gasteiger charge is -2.00. The normalized spacial score (nSPS) is 11.0. The fourth-order valence-electron chi connectivity index (χ4n) is 1.69. The van der Waals surface area contributed by atoms with Crippen molar-refractivity contribution >= 4 is 22.9 Å². The quantitative estimate of drug-likeness (QED) is 0.465. The maximum absolute atomic E-state index is 11.4. The van der Waals surface area contributed by atoms with Crippen LogP contribution in [0, 0.1) is 0 Å². The highest BCUT2D eigenvalue weighted by atomic mass is 16.5. The molecule has 0 bridgehead atoms. The number of carbonyl (C=O) groups excluding carboxylic acids is 1. The van der Waals surface area contributed by atoms with Gasteiger partial charge in [0.2, 0.25) is 0 Å². The van der Waals surface area contributed by atoms with E-state index in [9.17, 15) is 4.79 Å². The van der Waals surface area contributed by atoms with Crippen molar-refractivity contribution < 1.29 is 9.53 Å². The number of benzene rings is 1. The number of hydrogen-bond donors (Lipinski definition) is 0. The maximum Gasteiger partial charge on any atom is 0.330 e. The Balaban J connectivity index is 2.02. The molecule has 3 nitrogen and oxygen atoms in total. The highest BCUT2D eigenvalue weighted by Gasteiger charge is 1.98. The van der Waals surface area contributed by atoms with Crippen molar-refractivity contribution in [2.45, 2.75) is 19.8 Å². The van der Waals surface area contributed by atoms with Crippen LogP contribution in [0.5, 0.6) is 0 Å². The Morgan fingerprint density at radius 3 is 2.95 bits per heavy atom. The summed E-state index contributed by atoms with van der Waals surface area (Å²) >= 11 is 0. The summed E-state index contributed by atoms with van der Waals surface area (Å²) in [7, 11) is 0. The van der Waals surface area contributed by atoms with E-state index < -0.39 is 0 Å². The van der Waals surface area contributed by atoms with Gasteiger partial charge in [-0.1, -0.05) is 37.6 Å². The lowest BCUT2D eigenvalue weighted by atomic mass is 10.2. The van der Waals surface area contributed by atoms with E-state index in [1.165, 1.54) is 6.08 Å². The minimum atomic E-state index is -0.316. The molecule has 0 unspecified atom stereocenters. The first-order chi connectivity index (χ1) is 9.29. The molecular weight excluding hydrogens is 238 g/mol. The lowest BCUT2D eigenvalue weighted by Crippen LogP contribution is -2.01. The zero-order valence-electron chi connectivity index (χ0n) is 11.0. The first kappa shape index (κ1) is 13.3. The third-order valence-electron chi connectivity index (χ3n) is 2.75. The number of para-hydroxylation sites is 1. The molecule has 0 atom stereocenters. The summed E-state index contributed by atoms with van der Waals surface area (Å²) in [4.78, 5) is 15.9. The second kappa shape index (κ2) is 6.69. The highest BCUT2D eigenvalue weighted by Crippen LogP contribution is 2.12. The molecule has 0 saturated heterocycles. The van der Waals surface area contributed by atoms with E-state index in [0.717, 1.165) is 29.4 Å². The van der Waals surface area contributed by atoms with Crippen molar-refractivity contribution in [3.63, 3.8) is 0 Å². The SMILES string of the molecule is CCCCOC(=O)/C=C/c1ccc2ccccc2n1. The number of nitrogens with zero attached hydrogens (tertiary/aromatic N) is 1. The van der Waals surface area contributed by atoms with Crippen molar-refractivity contribution in [1.82, 2.24) is 4.98 Å². The summed E-state index contributed by atoms with van der Waals surface area (Å²) in [6.45, 7) is 2.54. The van der Waals surface area contributed by atoms with Gasteiger partial charge < -0.3 is 4.74 Å². The Labute approximate surface area is 112 Å². The molecule has 0 spiro atoms. The molecule has 98 valence electrons. The standard InChI is InChI=1S/C16H17NO2/c1-2-3-12-19-16(18)11-10-14-9-8-13-6-4-5-7-15(13)17-14/h4-11H,2-3,12H2,1H3/b11-10+. The van der Waals surface area contributed by atoms with Crippen LogP contribution in [-0.2, 0) is 9.53 Å². The first-order valence-corrected chi connectivity index (χ1v) is 6.50. The van der Waals surface area contributed by atoms with Crippen LogP contribution < -0.4 is 0 Å². The molecule has 0 fully saturated rings. The summed E-state index contributed by atoms with van der Waals surface area (Å²) in [6.07, 6.45) is 5.02. The lowest BCUT2D eigenvalue weighted by molar-refractivity contribution is -0.137.